The predicted molar refractivity (Wildman–Crippen MR) is 123 cm³/mol. The zero-order chi connectivity index (χ0) is 20.7. The second-order valence-electron chi connectivity index (χ2n) is 7.55. The van der Waals surface area contributed by atoms with Crippen molar-refractivity contribution in [2.45, 2.75) is 30.9 Å². The lowest BCUT2D eigenvalue weighted by Crippen LogP contribution is -2.54. The summed E-state index contributed by atoms with van der Waals surface area (Å²) >= 11 is 1.74. The molecule has 29 heavy (non-hydrogen) atoms. The second kappa shape index (κ2) is 10.1. The van der Waals surface area contributed by atoms with Crippen LogP contribution in [0.1, 0.15) is 30.5 Å². The minimum absolute atomic E-state index is 0.267. The van der Waals surface area contributed by atoms with Crippen LogP contribution in [0.4, 0.5) is 0 Å². The van der Waals surface area contributed by atoms with Gasteiger partial charge in [-0.2, -0.15) is 0 Å². The Hall–Kier alpha value is -2.08. The molecule has 1 fully saturated rings. The van der Waals surface area contributed by atoms with E-state index in [2.05, 4.69) is 61.0 Å². The summed E-state index contributed by atoms with van der Waals surface area (Å²) in [6.45, 7) is 11.9. The van der Waals surface area contributed by atoms with Crippen LogP contribution < -0.4 is 0 Å². The lowest BCUT2D eigenvalue weighted by atomic mass is 9.90. The van der Waals surface area contributed by atoms with Gasteiger partial charge in [-0.1, -0.05) is 54.2 Å². The number of oxime groups is 1. The quantitative estimate of drug-likeness (QED) is 0.345. The van der Waals surface area contributed by atoms with Crippen LogP contribution in [0, 0.1) is 0 Å². The molecule has 2 aromatic rings. The molecule has 0 atom stereocenters. The van der Waals surface area contributed by atoms with Crippen molar-refractivity contribution in [2.75, 3.05) is 32.6 Å². The minimum Gasteiger partial charge on any atom is -0.391 e. The summed E-state index contributed by atoms with van der Waals surface area (Å²) in [4.78, 5) is 9.50. The molecule has 4 nitrogen and oxygen atoms in total. The Labute approximate surface area is 178 Å². The molecule has 1 saturated heterocycles. The molecule has 0 unspecified atom stereocenters. The maximum Gasteiger partial charge on any atom is 0.142 e. The Morgan fingerprint density at radius 1 is 1.14 bits per heavy atom. The lowest BCUT2D eigenvalue weighted by Gasteiger charge is -2.41. The van der Waals surface area contributed by atoms with E-state index < -0.39 is 0 Å². The molecule has 5 heteroatoms. The van der Waals surface area contributed by atoms with Crippen LogP contribution in [0.15, 0.2) is 65.2 Å². The van der Waals surface area contributed by atoms with Gasteiger partial charge in [0, 0.05) is 23.5 Å². The van der Waals surface area contributed by atoms with Gasteiger partial charge in [0.05, 0.1) is 18.8 Å². The molecule has 1 aliphatic heterocycles. The highest BCUT2D eigenvalue weighted by Crippen LogP contribution is 2.25. The Morgan fingerprint density at radius 3 is 2.38 bits per heavy atom. The van der Waals surface area contributed by atoms with E-state index >= 15 is 0 Å². The van der Waals surface area contributed by atoms with Gasteiger partial charge in [-0.25, -0.2) is 0 Å². The van der Waals surface area contributed by atoms with E-state index in [0.717, 1.165) is 48.7 Å². The average Bonchev–Trinajstić information content (AvgIpc) is 2.78. The average molecular weight is 411 g/mol. The summed E-state index contributed by atoms with van der Waals surface area (Å²) in [5, 5.41) is 4.64. The fourth-order valence-corrected chi connectivity index (χ4v) is 3.87. The maximum absolute atomic E-state index is 5.84. The number of thioether (sulfide) groups is 1. The van der Waals surface area contributed by atoms with E-state index in [9.17, 15) is 0 Å². The van der Waals surface area contributed by atoms with Gasteiger partial charge in [0.15, 0.2) is 0 Å². The molecule has 0 N–H and O–H groups in total. The zero-order valence-corrected chi connectivity index (χ0v) is 18.4. The summed E-state index contributed by atoms with van der Waals surface area (Å²) in [5.41, 5.74) is 3.94. The fraction of sp³-hybridized carbons (Fsp3) is 0.375. The van der Waals surface area contributed by atoms with E-state index in [0.29, 0.717) is 6.61 Å². The van der Waals surface area contributed by atoms with Crippen LogP contribution in [0.5, 0.6) is 0 Å². The van der Waals surface area contributed by atoms with Crippen molar-refractivity contribution in [3.05, 3.63) is 71.8 Å². The van der Waals surface area contributed by atoms with E-state index in [4.69, 9.17) is 9.57 Å². The molecule has 0 aliphatic carbocycles. The number of rotatable bonds is 8. The van der Waals surface area contributed by atoms with E-state index in [1.54, 1.807) is 11.8 Å². The van der Waals surface area contributed by atoms with Crippen molar-refractivity contribution >= 4 is 23.5 Å². The highest BCUT2D eigenvalue weighted by Gasteiger charge is 2.35. The van der Waals surface area contributed by atoms with Crippen LogP contribution in [0.2, 0.25) is 0 Å². The van der Waals surface area contributed by atoms with Gasteiger partial charge in [-0.15, -0.1) is 11.8 Å². The highest BCUT2D eigenvalue weighted by molar-refractivity contribution is 7.98. The minimum atomic E-state index is -0.267. The van der Waals surface area contributed by atoms with E-state index in [1.807, 2.05) is 30.3 Å². The topological polar surface area (TPSA) is 34.1 Å². The third-order valence-electron chi connectivity index (χ3n) is 5.35. The summed E-state index contributed by atoms with van der Waals surface area (Å²) in [7, 11) is 0. The number of morpholine rings is 1. The van der Waals surface area contributed by atoms with Crippen LogP contribution in [-0.4, -0.2) is 48.7 Å². The Bertz CT molecular complexity index is 823. The van der Waals surface area contributed by atoms with E-state index in [-0.39, 0.29) is 5.54 Å². The van der Waals surface area contributed by atoms with Crippen molar-refractivity contribution in [1.29, 1.82) is 0 Å². The summed E-state index contributed by atoms with van der Waals surface area (Å²) in [6, 6.07) is 16.7. The molecular weight excluding hydrogens is 380 g/mol. The third-order valence-corrected chi connectivity index (χ3v) is 6.09. The first-order valence-corrected chi connectivity index (χ1v) is 11.2. The number of nitrogens with zero attached hydrogens (tertiary/aromatic N) is 2. The lowest BCUT2D eigenvalue weighted by molar-refractivity contribution is 0.00862. The molecule has 0 aromatic heterocycles. The first kappa shape index (κ1) is 21.6. The van der Waals surface area contributed by atoms with Crippen molar-refractivity contribution < 1.29 is 9.57 Å². The normalized spacial score (nSPS) is 15.9. The van der Waals surface area contributed by atoms with Gasteiger partial charge in [0.1, 0.15) is 12.3 Å². The second-order valence-corrected chi connectivity index (χ2v) is 8.43. The first-order chi connectivity index (χ1) is 14.0. The molecule has 3 rings (SSSR count). The number of hydrogen-bond donors (Lipinski definition) is 0. The van der Waals surface area contributed by atoms with Gasteiger partial charge < -0.3 is 9.57 Å². The van der Waals surface area contributed by atoms with Crippen molar-refractivity contribution in [3.63, 3.8) is 0 Å². The molecule has 1 aliphatic rings. The van der Waals surface area contributed by atoms with Crippen LogP contribution >= 0.6 is 11.8 Å². The van der Waals surface area contributed by atoms with Crippen molar-refractivity contribution in [2.24, 2.45) is 5.16 Å². The highest BCUT2D eigenvalue weighted by atomic mass is 32.2. The van der Waals surface area contributed by atoms with Gasteiger partial charge in [0.25, 0.3) is 0 Å². The molecule has 0 radical (unpaired) electrons. The monoisotopic (exact) mass is 410 g/mol. The predicted octanol–water partition coefficient (Wildman–Crippen LogP) is 5.08. The largest absolute Gasteiger partial charge is 0.391 e. The molecule has 1 heterocycles. The standard InChI is InChI=1S/C24H30N2O2S/c1-5-19-6-8-20(9-7-19)18-28-25-23(21-10-12-22(29-4)13-11-21)24(2,3)26-14-16-27-17-15-26/h5-13H,1,14-18H2,2-4H3. The SMILES string of the molecule is C=Cc1ccc(CON=C(c2ccc(SC)cc2)C(C)(C)N2CCOCC2)cc1. The zero-order valence-electron chi connectivity index (χ0n) is 17.6. The summed E-state index contributed by atoms with van der Waals surface area (Å²) in [5.74, 6) is 0. The van der Waals surface area contributed by atoms with Gasteiger partial charge in [0.2, 0.25) is 0 Å². The number of ether oxygens (including phenoxy) is 1. The van der Waals surface area contributed by atoms with Crippen LogP contribution in [0.3, 0.4) is 0 Å². The molecule has 0 spiro atoms. The molecule has 0 saturated carbocycles. The molecule has 0 amide bonds. The van der Waals surface area contributed by atoms with Crippen molar-refractivity contribution in [1.82, 2.24) is 4.90 Å². The van der Waals surface area contributed by atoms with Crippen LogP contribution in [0.25, 0.3) is 6.08 Å². The Balaban J connectivity index is 1.83. The van der Waals surface area contributed by atoms with Gasteiger partial charge >= 0.3 is 0 Å². The fourth-order valence-electron chi connectivity index (χ4n) is 3.46. The third kappa shape index (κ3) is 5.50. The Morgan fingerprint density at radius 2 is 1.79 bits per heavy atom. The summed E-state index contributed by atoms with van der Waals surface area (Å²) in [6.07, 6.45) is 3.92. The Kier molecular flexibility index (Phi) is 7.53. The molecule has 0 bridgehead atoms. The van der Waals surface area contributed by atoms with Crippen molar-refractivity contribution in [3.8, 4) is 0 Å². The van der Waals surface area contributed by atoms with Crippen LogP contribution in [-0.2, 0) is 16.2 Å². The molecular formula is C24H30N2O2S. The van der Waals surface area contributed by atoms with Gasteiger partial charge in [-0.3, -0.25) is 4.90 Å². The first-order valence-electron chi connectivity index (χ1n) is 9.93. The maximum atomic E-state index is 5.84. The van der Waals surface area contributed by atoms with Gasteiger partial charge in [-0.05, 0) is 43.4 Å². The molecule has 2 aromatic carbocycles. The van der Waals surface area contributed by atoms with E-state index in [1.165, 1.54) is 4.90 Å². The summed E-state index contributed by atoms with van der Waals surface area (Å²) < 4.78 is 5.55. The molecule has 154 valence electrons. The smallest absolute Gasteiger partial charge is 0.142 e. The number of benzene rings is 2. The number of hydrogen-bond acceptors (Lipinski definition) is 5.